The van der Waals surface area contributed by atoms with Gasteiger partial charge in [-0.3, -0.25) is 9.59 Å². The molecule has 0 radical (unpaired) electrons. The van der Waals surface area contributed by atoms with Crippen molar-refractivity contribution < 1.29 is 28.9 Å². The van der Waals surface area contributed by atoms with E-state index in [0.29, 0.717) is 25.6 Å². The summed E-state index contributed by atoms with van der Waals surface area (Å²) >= 11 is 0. The van der Waals surface area contributed by atoms with Crippen LogP contribution in [-0.4, -0.2) is 47.6 Å². The monoisotopic (exact) mass is 270 g/mol. The molecule has 2 saturated heterocycles. The molecule has 1 saturated carbocycles. The molecule has 0 aromatic carbocycles. The molecule has 0 aromatic heterocycles. The third-order valence-corrected chi connectivity index (χ3v) is 4.09. The van der Waals surface area contributed by atoms with Crippen molar-refractivity contribution in [1.82, 2.24) is 0 Å². The van der Waals surface area contributed by atoms with E-state index in [0.717, 1.165) is 12.8 Å². The topological polar surface area (TPSA) is 88.7 Å². The molecular weight excluding hydrogens is 252 g/mol. The number of carbonyl (C=O) groups excluding carboxylic acids is 1. The van der Waals surface area contributed by atoms with E-state index in [-0.39, 0.29) is 36.6 Å². The number of ether oxygens (including phenoxy) is 3. The summed E-state index contributed by atoms with van der Waals surface area (Å²) in [5.41, 5.74) is -0.283. The van der Waals surface area contributed by atoms with Crippen LogP contribution in [0.2, 0.25) is 0 Å². The SMILES string of the molecule is O=C(O)CCCCC(=O)OCC12CCC3OC3C1O2. The number of hydrogen-bond acceptors (Lipinski definition) is 5. The molecule has 6 nitrogen and oxygen atoms in total. The Morgan fingerprint density at radius 3 is 2.89 bits per heavy atom. The van der Waals surface area contributed by atoms with Crippen LogP contribution in [0.5, 0.6) is 0 Å². The van der Waals surface area contributed by atoms with Crippen LogP contribution in [0.25, 0.3) is 0 Å². The molecule has 19 heavy (non-hydrogen) atoms. The van der Waals surface area contributed by atoms with E-state index in [1.165, 1.54) is 0 Å². The first-order valence-corrected chi connectivity index (χ1v) is 6.81. The van der Waals surface area contributed by atoms with Crippen LogP contribution >= 0.6 is 0 Å². The first-order chi connectivity index (χ1) is 9.11. The average Bonchev–Trinajstić information content (AvgIpc) is 3.22. The van der Waals surface area contributed by atoms with Gasteiger partial charge in [-0.1, -0.05) is 0 Å². The lowest BCUT2D eigenvalue weighted by Gasteiger charge is -2.14. The molecule has 3 aliphatic rings. The van der Waals surface area contributed by atoms with E-state index >= 15 is 0 Å². The smallest absolute Gasteiger partial charge is 0.305 e. The molecule has 1 N–H and O–H groups in total. The fraction of sp³-hybridized carbons (Fsp3) is 0.846. The highest BCUT2D eigenvalue weighted by molar-refractivity contribution is 5.69. The minimum Gasteiger partial charge on any atom is -0.481 e. The summed E-state index contributed by atoms with van der Waals surface area (Å²) in [5, 5.41) is 8.48. The first-order valence-electron chi connectivity index (χ1n) is 6.81. The molecule has 0 aromatic rings. The van der Waals surface area contributed by atoms with Crippen molar-refractivity contribution in [3.05, 3.63) is 0 Å². The van der Waals surface area contributed by atoms with Gasteiger partial charge in [-0.15, -0.1) is 0 Å². The Kier molecular flexibility index (Phi) is 3.22. The summed E-state index contributed by atoms with van der Waals surface area (Å²) < 4.78 is 16.3. The highest BCUT2D eigenvalue weighted by atomic mass is 16.7. The number of unbranched alkanes of at least 4 members (excludes halogenated alkanes) is 1. The standard InChI is InChI=1S/C13H18O6/c14-9(15)3-1-2-4-10(16)17-7-13-6-5-8-11(18-8)12(13)19-13/h8,11-12H,1-7H2,(H,14,15). The molecule has 0 amide bonds. The largest absolute Gasteiger partial charge is 0.481 e. The lowest BCUT2D eigenvalue weighted by Crippen LogP contribution is -2.30. The van der Waals surface area contributed by atoms with Crippen LogP contribution in [0, 0.1) is 0 Å². The van der Waals surface area contributed by atoms with E-state index in [1.54, 1.807) is 0 Å². The summed E-state index contributed by atoms with van der Waals surface area (Å²) in [6.07, 6.45) is 4.02. The van der Waals surface area contributed by atoms with Crippen LogP contribution in [0.1, 0.15) is 38.5 Å². The molecule has 4 atom stereocenters. The second kappa shape index (κ2) is 4.76. The Morgan fingerprint density at radius 1 is 1.32 bits per heavy atom. The Labute approximate surface area is 111 Å². The number of fused-ring (bicyclic) bond motifs is 3. The molecule has 3 rings (SSSR count). The zero-order valence-electron chi connectivity index (χ0n) is 10.7. The fourth-order valence-electron chi connectivity index (χ4n) is 2.84. The van der Waals surface area contributed by atoms with Gasteiger partial charge in [0.1, 0.15) is 24.4 Å². The number of carboxylic acid groups (broad SMARTS) is 1. The number of carboxylic acids is 1. The maximum atomic E-state index is 11.5. The molecule has 4 unspecified atom stereocenters. The maximum Gasteiger partial charge on any atom is 0.305 e. The lowest BCUT2D eigenvalue weighted by molar-refractivity contribution is -0.146. The second-order valence-corrected chi connectivity index (χ2v) is 5.54. The molecule has 106 valence electrons. The predicted molar refractivity (Wildman–Crippen MR) is 62.6 cm³/mol. The number of rotatable bonds is 7. The Balaban J connectivity index is 1.32. The molecule has 0 bridgehead atoms. The zero-order valence-corrected chi connectivity index (χ0v) is 10.7. The van der Waals surface area contributed by atoms with E-state index in [1.807, 2.05) is 0 Å². The van der Waals surface area contributed by atoms with Crippen molar-refractivity contribution in [1.29, 1.82) is 0 Å². The van der Waals surface area contributed by atoms with Crippen molar-refractivity contribution >= 4 is 11.9 Å². The normalized spacial score (nSPS) is 38.0. The van der Waals surface area contributed by atoms with Crippen molar-refractivity contribution in [3.63, 3.8) is 0 Å². The Hall–Kier alpha value is -1.14. The fourth-order valence-corrected chi connectivity index (χ4v) is 2.84. The highest BCUT2D eigenvalue weighted by Gasteiger charge is 2.70. The highest BCUT2D eigenvalue weighted by Crippen LogP contribution is 2.55. The summed E-state index contributed by atoms with van der Waals surface area (Å²) in [7, 11) is 0. The van der Waals surface area contributed by atoms with E-state index in [9.17, 15) is 9.59 Å². The molecule has 0 spiro atoms. The predicted octanol–water partition coefficient (Wildman–Crippen LogP) is 0.873. The summed E-state index contributed by atoms with van der Waals surface area (Å²) in [6.45, 7) is 0.308. The number of aliphatic carboxylic acids is 1. The zero-order chi connectivity index (χ0) is 13.5. The Morgan fingerprint density at radius 2 is 2.11 bits per heavy atom. The number of epoxide rings is 2. The minimum atomic E-state index is -0.831. The summed E-state index contributed by atoms with van der Waals surface area (Å²) in [6, 6.07) is 0. The second-order valence-electron chi connectivity index (χ2n) is 5.54. The molecular formula is C13H18O6. The first kappa shape index (κ1) is 12.9. The van der Waals surface area contributed by atoms with Gasteiger partial charge in [0.25, 0.3) is 0 Å². The van der Waals surface area contributed by atoms with Crippen LogP contribution in [-0.2, 0) is 23.8 Å². The van der Waals surface area contributed by atoms with Gasteiger partial charge in [-0.2, -0.15) is 0 Å². The van der Waals surface area contributed by atoms with Crippen molar-refractivity contribution in [2.45, 2.75) is 62.4 Å². The number of esters is 1. The van der Waals surface area contributed by atoms with Crippen LogP contribution in [0.4, 0.5) is 0 Å². The molecule has 2 aliphatic heterocycles. The number of carbonyl (C=O) groups is 2. The van der Waals surface area contributed by atoms with E-state index < -0.39 is 5.97 Å². The number of hydrogen-bond donors (Lipinski definition) is 1. The molecule has 2 heterocycles. The van der Waals surface area contributed by atoms with Gasteiger partial charge in [-0.05, 0) is 25.7 Å². The van der Waals surface area contributed by atoms with E-state index in [4.69, 9.17) is 19.3 Å². The molecule has 6 heteroatoms. The van der Waals surface area contributed by atoms with Gasteiger partial charge in [0.2, 0.25) is 0 Å². The lowest BCUT2D eigenvalue weighted by atomic mass is 9.90. The van der Waals surface area contributed by atoms with Crippen LogP contribution in [0.3, 0.4) is 0 Å². The van der Waals surface area contributed by atoms with Gasteiger partial charge < -0.3 is 19.3 Å². The van der Waals surface area contributed by atoms with Crippen LogP contribution < -0.4 is 0 Å². The van der Waals surface area contributed by atoms with Gasteiger partial charge in [0, 0.05) is 12.8 Å². The van der Waals surface area contributed by atoms with Gasteiger partial charge >= 0.3 is 11.9 Å². The molecule has 3 fully saturated rings. The van der Waals surface area contributed by atoms with Crippen molar-refractivity contribution in [3.8, 4) is 0 Å². The third-order valence-electron chi connectivity index (χ3n) is 4.09. The van der Waals surface area contributed by atoms with Gasteiger partial charge in [0.05, 0.1) is 6.10 Å². The van der Waals surface area contributed by atoms with E-state index in [2.05, 4.69) is 0 Å². The summed E-state index contributed by atoms with van der Waals surface area (Å²) in [4.78, 5) is 21.8. The van der Waals surface area contributed by atoms with Gasteiger partial charge in [0.15, 0.2) is 0 Å². The third kappa shape index (κ3) is 2.74. The molecule has 1 aliphatic carbocycles. The van der Waals surface area contributed by atoms with Crippen molar-refractivity contribution in [2.75, 3.05) is 6.61 Å². The maximum absolute atomic E-state index is 11.5. The minimum absolute atomic E-state index is 0.100. The average molecular weight is 270 g/mol. The van der Waals surface area contributed by atoms with Gasteiger partial charge in [-0.25, -0.2) is 0 Å². The quantitative estimate of drug-likeness (QED) is 0.419. The Bertz CT molecular complexity index is 395. The van der Waals surface area contributed by atoms with Crippen molar-refractivity contribution in [2.24, 2.45) is 0 Å². The summed E-state index contributed by atoms with van der Waals surface area (Å²) in [5.74, 6) is -1.10. The van der Waals surface area contributed by atoms with Crippen LogP contribution in [0.15, 0.2) is 0 Å².